The number of H-pyrrole nitrogens is 1. The molecule has 0 fully saturated rings. The Kier molecular flexibility index (Phi) is 8.37. The van der Waals surface area contributed by atoms with Gasteiger partial charge >= 0.3 is 0 Å². The summed E-state index contributed by atoms with van der Waals surface area (Å²) in [5.41, 5.74) is 0.806. The van der Waals surface area contributed by atoms with E-state index in [0.717, 1.165) is 30.5 Å². The normalized spacial score (nSPS) is 11.8. The van der Waals surface area contributed by atoms with Crippen molar-refractivity contribution >= 4 is 25.5 Å². The zero-order chi connectivity index (χ0) is 29.1. The van der Waals surface area contributed by atoms with E-state index in [0.29, 0.717) is 23.8 Å². The predicted molar refractivity (Wildman–Crippen MR) is 145 cm³/mol. The highest BCUT2D eigenvalue weighted by molar-refractivity contribution is 7.92. The zero-order valence-electron chi connectivity index (χ0n) is 21.3. The summed E-state index contributed by atoms with van der Waals surface area (Å²) in [5.74, 6) is -1.95. The molecule has 0 bridgehead atoms. The van der Waals surface area contributed by atoms with Gasteiger partial charge in [-0.2, -0.15) is 0 Å². The summed E-state index contributed by atoms with van der Waals surface area (Å²) < 4.78 is 91.1. The Morgan fingerprint density at radius 2 is 1.52 bits per heavy atom. The number of pyridine rings is 1. The van der Waals surface area contributed by atoms with Crippen LogP contribution in [0, 0.1) is 11.6 Å². The first kappa shape index (κ1) is 28.9. The van der Waals surface area contributed by atoms with E-state index in [9.17, 15) is 30.4 Å². The molecule has 40 heavy (non-hydrogen) atoms. The van der Waals surface area contributed by atoms with Crippen molar-refractivity contribution in [2.24, 2.45) is 0 Å². The smallest absolute Gasteiger partial charge is 0.261 e. The van der Waals surface area contributed by atoms with E-state index in [4.69, 9.17) is 9.47 Å². The number of anilines is 1. The Labute approximate surface area is 229 Å². The first-order valence-electron chi connectivity index (χ1n) is 11.8. The van der Waals surface area contributed by atoms with Gasteiger partial charge in [0.2, 0.25) is 5.56 Å². The summed E-state index contributed by atoms with van der Waals surface area (Å²) in [6.45, 7) is 2.17. The van der Waals surface area contributed by atoms with Crippen LogP contribution in [-0.4, -0.2) is 34.7 Å². The molecule has 0 atom stereocenters. The second-order valence-corrected chi connectivity index (χ2v) is 12.3. The van der Waals surface area contributed by atoms with Crippen molar-refractivity contribution in [2.75, 3.05) is 17.6 Å². The number of nitrogens with one attached hydrogen (secondary N) is 2. The lowest BCUT2D eigenvalue weighted by molar-refractivity contribution is 0.134. The highest BCUT2D eigenvalue weighted by atomic mass is 32.2. The van der Waals surface area contributed by atoms with Gasteiger partial charge in [-0.1, -0.05) is 0 Å². The Morgan fingerprint density at radius 1 is 0.850 bits per heavy atom. The van der Waals surface area contributed by atoms with Crippen molar-refractivity contribution in [3.05, 3.63) is 100 Å². The summed E-state index contributed by atoms with van der Waals surface area (Å²) in [6.07, 6.45) is 2.40. The van der Waals surface area contributed by atoms with Crippen LogP contribution in [0.25, 0.3) is 11.1 Å². The molecule has 1 heterocycles. The van der Waals surface area contributed by atoms with E-state index in [1.54, 1.807) is 6.92 Å². The van der Waals surface area contributed by atoms with Crippen molar-refractivity contribution in [3.63, 3.8) is 0 Å². The van der Waals surface area contributed by atoms with Crippen LogP contribution in [0.3, 0.4) is 0 Å². The molecule has 210 valence electrons. The minimum absolute atomic E-state index is 0.0387. The molecule has 0 spiro atoms. The molecule has 0 unspecified atom stereocenters. The highest BCUT2D eigenvalue weighted by Crippen LogP contribution is 2.38. The Balaban J connectivity index is 1.79. The lowest BCUT2D eigenvalue weighted by Crippen LogP contribution is -2.13. The number of benzene rings is 3. The number of sulfone groups is 1. The molecule has 0 aliphatic rings. The Morgan fingerprint density at radius 3 is 2.17 bits per heavy atom. The van der Waals surface area contributed by atoms with Gasteiger partial charge in [-0.05, 0) is 67.1 Å². The van der Waals surface area contributed by atoms with Gasteiger partial charge in [-0.3, -0.25) is 9.52 Å². The van der Waals surface area contributed by atoms with E-state index in [1.807, 2.05) is 0 Å². The third kappa shape index (κ3) is 6.73. The largest absolute Gasteiger partial charge is 0.454 e. The number of hydrogen-bond acceptors (Lipinski definition) is 7. The van der Waals surface area contributed by atoms with Crippen molar-refractivity contribution in [1.29, 1.82) is 0 Å². The van der Waals surface area contributed by atoms with E-state index < -0.39 is 37.1 Å². The first-order chi connectivity index (χ1) is 18.9. The fraction of sp³-hybridized carbons (Fsp3) is 0.148. The minimum atomic E-state index is -4.16. The zero-order valence-corrected chi connectivity index (χ0v) is 22.9. The summed E-state index contributed by atoms with van der Waals surface area (Å²) in [5, 5.41) is 0. The predicted octanol–water partition coefficient (Wildman–Crippen LogP) is 4.85. The molecule has 0 aliphatic heterocycles. The molecule has 9 nitrogen and oxygen atoms in total. The molecule has 0 amide bonds. The van der Waals surface area contributed by atoms with E-state index in [2.05, 4.69) is 9.71 Å². The topological polar surface area (TPSA) is 132 Å². The van der Waals surface area contributed by atoms with E-state index in [1.165, 1.54) is 42.6 Å². The standard InChI is InChI=1S/C27H24F2N2O7S2/c1-3-37-16-17-12-27(32)30-15-23(17)22-14-19(5-11-25(22)38-26-10-4-18(28)13-24(26)29)31-40(35,36)21-8-6-20(7-9-21)39(2,33)34/h4-15,31H,3,16H2,1-2H3,(H,30,32). The van der Waals surface area contributed by atoms with Crippen molar-refractivity contribution in [3.8, 4) is 22.6 Å². The van der Waals surface area contributed by atoms with Crippen molar-refractivity contribution < 1.29 is 35.1 Å². The Hall–Kier alpha value is -4.07. The number of rotatable bonds is 10. The van der Waals surface area contributed by atoms with Crippen LogP contribution in [0.2, 0.25) is 0 Å². The van der Waals surface area contributed by atoms with Gasteiger partial charge in [0.1, 0.15) is 11.6 Å². The van der Waals surface area contributed by atoms with Crippen LogP contribution in [0.4, 0.5) is 14.5 Å². The molecular formula is C27H24F2N2O7S2. The molecule has 2 N–H and O–H groups in total. The van der Waals surface area contributed by atoms with Crippen LogP contribution in [-0.2, 0) is 31.2 Å². The first-order valence-corrected chi connectivity index (χ1v) is 15.1. The summed E-state index contributed by atoms with van der Waals surface area (Å²) in [6, 6.07) is 13.0. The fourth-order valence-electron chi connectivity index (χ4n) is 3.75. The van der Waals surface area contributed by atoms with Gasteiger partial charge in [-0.25, -0.2) is 25.6 Å². The summed E-state index contributed by atoms with van der Waals surface area (Å²) in [4.78, 5) is 14.4. The van der Waals surface area contributed by atoms with E-state index in [-0.39, 0.29) is 39.1 Å². The van der Waals surface area contributed by atoms with Crippen LogP contribution in [0.1, 0.15) is 12.5 Å². The van der Waals surface area contributed by atoms with Crippen LogP contribution < -0.4 is 15.0 Å². The molecule has 13 heteroatoms. The highest BCUT2D eigenvalue weighted by Gasteiger charge is 2.20. The Bertz CT molecular complexity index is 1820. The maximum Gasteiger partial charge on any atom is 0.261 e. The number of hydrogen-bond donors (Lipinski definition) is 2. The average Bonchev–Trinajstić information content (AvgIpc) is 2.89. The lowest BCUT2D eigenvalue weighted by Gasteiger charge is -2.17. The fourth-order valence-corrected chi connectivity index (χ4v) is 5.43. The monoisotopic (exact) mass is 590 g/mol. The van der Waals surface area contributed by atoms with E-state index >= 15 is 0 Å². The third-order valence-electron chi connectivity index (χ3n) is 5.67. The quantitative estimate of drug-likeness (QED) is 0.270. The molecule has 0 aliphatic carbocycles. The number of aromatic nitrogens is 1. The molecule has 1 aromatic heterocycles. The average molecular weight is 591 g/mol. The van der Waals surface area contributed by atoms with Crippen LogP contribution >= 0.6 is 0 Å². The number of halogens is 2. The maximum atomic E-state index is 14.4. The maximum absolute atomic E-state index is 14.4. The molecule has 0 saturated carbocycles. The molecule has 0 saturated heterocycles. The van der Waals surface area contributed by atoms with Gasteiger partial charge < -0.3 is 14.5 Å². The van der Waals surface area contributed by atoms with Gasteiger partial charge in [0.05, 0.1) is 16.4 Å². The van der Waals surface area contributed by atoms with Crippen LogP contribution in [0.15, 0.2) is 87.5 Å². The second-order valence-electron chi connectivity index (χ2n) is 8.61. The summed E-state index contributed by atoms with van der Waals surface area (Å²) in [7, 11) is -7.68. The van der Waals surface area contributed by atoms with Crippen molar-refractivity contribution in [1.82, 2.24) is 4.98 Å². The SMILES string of the molecule is CCOCc1cc(=O)[nH]cc1-c1cc(NS(=O)(=O)c2ccc(S(C)(=O)=O)cc2)ccc1Oc1ccc(F)cc1F. The molecule has 0 radical (unpaired) electrons. The lowest BCUT2D eigenvalue weighted by atomic mass is 10.0. The van der Waals surface area contributed by atoms with Gasteiger partial charge in [0.25, 0.3) is 10.0 Å². The third-order valence-corrected chi connectivity index (χ3v) is 8.20. The number of sulfonamides is 1. The number of aromatic amines is 1. The van der Waals surface area contributed by atoms with Gasteiger partial charge in [0, 0.05) is 48.0 Å². The minimum Gasteiger partial charge on any atom is -0.454 e. The molecule has 4 rings (SSSR count). The van der Waals surface area contributed by atoms with Gasteiger partial charge in [-0.15, -0.1) is 0 Å². The van der Waals surface area contributed by atoms with Crippen LogP contribution in [0.5, 0.6) is 11.5 Å². The van der Waals surface area contributed by atoms with Crippen molar-refractivity contribution in [2.45, 2.75) is 23.3 Å². The number of ether oxygens (including phenoxy) is 2. The molecule has 4 aromatic rings. The molecule has 3 aromatic carbocycles. The molecular weight excluding hydrogens is 566 g/mol. The summed E-state index contributed by atoms with van der Waals surface area (Å²) >= 11 is 0. The van der Waals surface area contributed by atoms with Gasteiger partial charge in [0.15, 0.2) is 21.4 Å². The second kappa shape index (κ2) is 11.6.